The van der Waals surface area contributed by atoms with Crippen molar-refractivity contribution in [3.8, 4) is 11.4 Å². The zero-order chi connectivity index (χ0) is 19.2. The fourth-order valence-corrected chi connectivity index (χ4v) is 3.58. The number of rotatable bonds is 8. The van der Waals surface area contributed by atoms with Crippen LogP contribution in [-0.2, 0) is 11.2 Å². The number of nitrogens with zero attached hydrogens (tertiary/aromatic N) is 3. The van der Waals surface area contributed by atoms with Gasteiger partial charge in [-0.25, -0.2) is 4.39 Å². The first-order valence-corrected chi connectivity index (χ1v) is 9.54. The minimum absolute atomic E-state index is 0.253. The van der Waals surface area contributed by atoms with E-state index in [2.05, 4.69) is 15.0 Å². The van der Waals surface area contributed by atoms with Crippen LogP contribution in [0.2, 0.25) is 0 Å². The molecule has 1 aliphatic heterocycles. The molecule has 0 bridgehead atoms. The summed E-state index contributed by atoms with van der Waals surface area (Å²) in [5.74, 6) is 0.455. The molecule has 0 amide bonds. The van der Waals surface area contributed by atoms with Crippen LogP contribution < -0.4 is 0 Å². The molecule has 0 saturated carbocycles. The summed E-state index contributed by atoms with van der Waals surface area (Å²) < 4.78 is 19.0. The van der Waals surface area contributed by atoms with Gasteiger partial charge in [0.1, 0.15) is 5.82 Å². The summed E-state index contributed by atoms with van der Waals surface area (Å²) in [7, 11) is 0. The second-order valence-electron chi connectivity index (χ2n) is 7.32. The molecular weight excluding hydrogens is 349 g/mol. The predicted octanol–water partition coefficient (Wildman–Crippen LogP) is 3.69. The van der Waals surface area contributed by atoms with Crippen molar-refractivity contribution in [3.63, 3.8) is 0 Å². The highest BCUT2D eigenvalue weighted by molar-refractivity contribution is 5.66. The molecule has 0 spiro atoms. The lowest BCUT2D eigenvalue weighted by Crippen LogP contribution is -2.36. The average molecular weight is 375 g/mol. The predicted molar refractivity (Wildman–Crippen MR) is 98.8 cm³/mol. The van der Waals surface area contributed by atoms with Gasteiger partial charge in [0.05, 0.1) is 0 Å². The number of aryl methyl sites for hydroxylation is 2. The number of aromatic nitrogens is 2. The SMILES string of the molecule is Cc1ccc(-c2noc(CCCN3CCCC(CCC(=O)O)C3)n2)cc1F. The second-order valence-corrected chi connectivity index (χ2v) is 7.32. The Morgan fingerprint density at radius 3 is 3.07 bits per heavy atom. The minimum atomic E-state index is -0.715. The summed E-state index contributed by atoms with van der Waals surface area (Å²) in [6, 6.07) is 4.92. The van der Waals surface area contributed by atoms with Gasteiger partial charge in [0.2, 0.25) is 11.7 Å². The third kappa shape index (κ3) is 5.60. The Balaban J connectivity index is 1.46. The number of carboxylic acids is 1. The molecular formula is C20H26FN3O3. The molecule has 0 radical (unpaired) electrons. The van der Waals surface area contributed by atoms with Gasteiger partial charge in [-0.15, -0.1) is 0 Å². The third-order valence-corrected chi connectivity index (χ3v) is 5.13. The molecule has 1 aliphatic rings. The van der Waals surface area contributed by atoms with Gasteiger partial charge >= 0.3 is 5.97 Å². The molecule has 1 saturated heterocycles. The Hall–Kier alpha value is -2.28. The molecule has 146 valence electrons. The summed E-state index contributed by atoms with van der Waals surface area (Å²) in [6.07, 6.45) is 4.82. The quantitative estimate of drug-likeness (QED) is 0.758. The molecule has 7 heteroatoms. The summed E-state index contributed by atoms with van der Waals surface area (Å²) in [5, 5.41) is 12.8. The van der Waals surface area contributed by atoms with Crippen LogP contribution in [0.5, 0.6) is 0 Å². The Morgan fingerprint density at radius 1 is 1.44 bits per heavy atom. The van der Waals surface area contributed by atoms with E-state index in [0.717, 1.165) is 45.3 Å². The largest absolute Gasteiger partial charge is 0.481 e. The van der Waals surface area contributed by atoms with Crippen molar-refractivity contribution in [2.24, 2.45) is 5.92 Å². The molecule has 1 aromatic carbocycles. The highest BCUT2D eigenvalue weighted by atomic mass is 19.1. The van der Waals surface area contributed by atoms with E-state index in [4.69, 9.17) is 9.63 Å². The fourth-order valence-electron chi connectivity index (χ4n) is 3.58. The maximum atomic E-state index is 13.7. The lowest BCUT2D eigenvalue weighted by atomic mass is 9.93. The molecule has 1 unspecified atom stereocenters. The van der Waals surface area contributed by atoms with Crippen molar-refractivity contribution < 1.29 is 18.8 Å². The van der Waals surface area contributed by atoms with E-state index in [1.807, 2.05) is 0 Å². The normalized spacial score (nSPS) is 17.9. The van der Waals surface area contributed by atoms with Crippen LogP contribution in [0.4, 0.5) is 4.39 Å². The number of hydrogen-bond donors (Lipinski definition) is 1. The van der Waals surface area contributed by atoms with Gasteiger partial charge in [0.25, 0.3) is 0 Å². The molecule has 0 aliphatic carbocycles. The summed E-state index contributed by atoms with van der Waals surface area (Å²) in [6.45, 7) is 4.67. The average Bonchev–Trinajstić information content (AvgIpc) is 3.11. The fraction of sp³-hybridized carbons (Fsp3) is 0.550. The standard InChI is InChI=1S/C20H26FN3O3/c1-14-6-8-16(12-17(14)21)20-22-18(27-23-20)5-3-11-24-10-2-4-15(13-24)7-9-19(25)26/h6,8,12,15H,2-5,7,9-11,13H2,1H3,(H,25,26). The van der Waals surface area contributed by atoms with E-state index < -0.39 is 5.97 Å². The Kier molecular flexibility index (Phi) is 6.55. The number of aliphatic carboxylic acids is 1. The highest BCUT2D eigenvalue weighted by Gasteiger charge is 2.20. The maximum absolute atomic E-state index is 13.7. The van der Waals surface area contributed by atoms with Crippen LogP contribution in [-0.4, -0.2) is 45.8 Å². The van der Waals surface area contributed by atoms with Crippen LogP contribution in [0.15, 0.2) is 22.7 Å². The van der Waals surface area contributed by atoms with Gasteiger partial charge in [0.15, 0.2) is 0 Å². The molecule has 2 aromatic rings. The number of carbonyl (C=O) groups is 1. The zero-order valence-electron chi connectivity index (χ0n) is 15.7. The molecule has 6 nitrogen and oxygen atoms in total. The molecule has 1 fully saturated rings. The van der Waals surface area contributed by atoms with Gasteiger partial charge in [-0.05, 0) is 63.2 Å². The van der Waals surface area contributed by atoms with Crippen molar-refractivity contribution >= 4 is 5.97 Å². The number of hydrogen-bond acceptors (Lipinski definition) is 5. The monoisotopic (exact) mass is 375 g/mol. The number of carboxylic acid groups (broad SMARTS) is 1. The first-order chi connectivity index (χ1) is 13.0. The van der Waals surface area contributed by atoms with Crippen LogP contribution in [0.3, 0.4) is 0 Å². The summed E-state index contributed by atoms with van der Waals surface area (Å²) in [5.41, 5.74) is 1.20. The van der Waals surface area contributed by atoms with E-state index in [9.17, 15) is 9.18 Å². The highest BCUT2D eigenvalue weighted by Crippen LogP contribution is 2.22. The van der Waals surface area contributed by atoms with Gasteiger partial charge in [-0.2, -0.15) is 4.98 Å². The van der Waals surface area contributed by atoms with E-state index >= 15 is 0 Å². The van der Waals surface area contributed by atoms with Crippen LogP contribution in [0.1, 0.15) is 43.6 Å². The first kappa shape index (κ1) is 19.5. The van der Waals surface area contributed by atoms with Gasteiger partial charge < -0.3 is 14.5 Å². The number of likely N-dealkylation sites (tertiary alicyclic amines) is 1. The minimum Gasteiger partial charge on any atom is -0.481 e. The molecule has 27 heavy (non-hydrogen) atoms. The Labute approximate surface area is 158 Å². The summed E-state index contributed by atoms with van der Waals surface area (Å²) >= 11 is 0. The van der Waals surface area contributed by atoms with Gasteiger partial charge in [-0.1, -0.05) is 17.3 Å². The van der Waals surface area contributed by atoms with Crippen LogP contribution >= 0.6 is 0 Å². The van der Waals surface area contributed by atoms with Gasteiger partial charge in [0, 0.05) is 24.9 Å². The topological polar surface area (TPSA) is 79.5 Å². The number of benzene rings is 1. The lowest BCUT2D eigenvalue weighted by Gasteiger charge is -2.32. The molecule has 1 atom stereocenters. The molecule has 3 rings (SSSR count). The smallest absolute Gasteiger partial charge is 0.303 e. The van der Waals surface area contributed by atoms with E-state index in [1.54, 1.807) is 19.1 Å². The molecule has 1 aromatic heterocycles. The van der Waals surface area contributed by atoms with Crippen molar-refractivity contribution in [3.05, 3.63) is 35.5 Å². The second kappa shape index (κ2) is 9.08. The van der Waals surface area contributed by atoms with Crippen molar-refractivity contribution in [2.45, 2.75) is 45.4 Å². The Bertz CT molecular complexity index is 778. The van der Waals surface area contributed by atoms with Crippen molar-refractivity contribution in [2.75, 3.05) is 19.6 Å². The number of halogens is 1. The molecule has 2 heterocycles. The zero-order valence-corrected chi connectivity index (χ0v) is 15.7. The molecule has 1 N–H and O–H groups in total. The summed E-state index contributed by atoms with van der Waals surface area (Å²) in [4.78, 5) is 17.5. The Morgan fingerprint density at radius 2 is 2.30 bits per heavy atom. The van der Waals surface area contributed by atoms with Crippen molar-refractivity contribution in [1.29, 1.82) is 0 Å². The van der Waals surface area contributed by atoms with E-state index in [0.29, 0.717) is 35.2 Å². The van der Waals surface area contributed by atoms with E-state index in [-0.39, 0.29) is 12.2 Å². The third-order valence-electron chi connectivity index (χ3n) is 5.13. The van der Waals surface area contributed by atoms with E-state index in [1.165, 1.54) is 6.07 Å². The van der Waals surface area contributed by atoms with Crippen LogP contribution in [0, 0.1) is 18.7 Å². The van der Waals surface area contributed by atoms with Crippen LogP contribution in [0.25, 0.3) is 11.4 Å². The van der Waals surface area contributed by atoms with Crippen molar-refractivity contribution in [1.82, 2.24) is 15.0 Å². The number of piperidine rings is 1. The first-order valence-electron chi connectivity index (χ1n) is 9.54. The van der Waals surface area contributed by atoms with Gasteiger partial charge in [-0.3, -0.25) is 4.79 Å². The lowest BCUT2D eigenvalue weighted by molar-refractivity contribution is -0.137. The maximum Gasteiger partial charge on any atom is 0.303 e.